The first-order valence-electron chi connectivity index (χ1n) is 7.10. The van der Waals surface area contributed by atoms with Crippen molar-refractivity contribution in [2.24, 2.45) is 0 Å². The molecule has 0 atom stereocenters. The first-order chi connectivity index (χ1) is 10.2. The number of halogens is 2. The van der Waals surface area contributed by atoms with Gasteiger partial charge in [0.25, 0.3) is 0 Å². The monoisotopic (exact) mass is 305 g/mol. The normalized spacial score (nSPS) is 16.0. The molecular formula is C16H17ClFN3. The molecule has 1 aliphatic heterocycles. The number of anilines is 2. The molecule has 110 valence electrons. The highest BCUT2D eigenvalue weighted by Gasteiger charge is 2.21. The lowest BCUT2D eigenvalue weighted by Crippen LogP contribution is -2.39. The number of piperidine rings is 1. The van der Waals surface area contributed by atoms with Crippen molar-refractivity contribution in [1.82, 2.24) is 4.98 Å². The summed E-state index contributed by atoms with van der Waals surface area (Å²) in [6.07, 6.45) is 3.70. The lowest BCUT2D eigenvalue weighted by atomic mass is 10.0. The van der Waals surface area contributed by atoms with E-state index in [1.807, 2.05) is 18.2 Å². The van der Waals surface area contributed by atoms with Gasteiger partial charge < -0.3 is 10.2 Å². The van der Waals surface area contributed by atoms with Gasteiger partial charge in [0.2, 0.25) is 0 Å². The average Bonchev–Trinajstić information content (AvgIpc) is 2.53. The van der Waals surface area contributed by atoms with Crippen molar-refractivity contribution in [3.63, 3.8) is 0 Å². The molecule has 2 aromatic rings. The van der Waals surface area contributed by atoms with Gasteiger partial charge in [-0.05, 0) is 37.1 Å². The fourth-order valence-corrected chi connectivity index (χ4v) is 2.80. The number of hydrogen-bond donors (Lipinski definition) is 1. The first kappa shape index (κ1) is 14.1. The predicted octanol–water partition coefficient (Wildman–Crippen LogP) is 3.96. The molecule has 1 aromatic heterocycles. The maximum atomic E-state index is 13.9. The van der Waals surface area contributed by atoms with E-state index in [9.17, 15) is 4.39 Å². The zero-order chi connectivity index (χ0) is 14.7. The summed E-state index contributed by atoms with van der Waals surface area (Å²) >= 11 is 5.80. The molecule has 0 amide bonds. The van der Waals surface area contributed by atoms with Gasteiger partial charge in [-0.25, -0.2) is 9.37 Å². The Hall–Kier alpha value is -1.81. The summed E-state index contributed by atoms with van der Waals surface area (Å²) in [5.74, 6) is 0.635. The Bertz CT molecular complexity index is 598. The highest BCUT2D eigenvalue weighted by molar-refractivity contribution is 6.31. The first-order valence-corrected chi connectivity index (χ1v) is 7.48. The number of rotatable bonds is 3. The average molecular weight is 306 g/mol. The summed E-state index contributed by atoms with van der Waals surface area (Å²) in [7, 11) is 0. The van der Waals surface area contributed by atoms with Crippen LogP contribution in [0.5, 0.6) is 0 Å². The molecule has 3 nitrogen and oxygen atoms in total. The highest BCUT2D eigenvalue weighted by atomic mass is 35.5. The van der Waals surface area contributed by atoms with Crippen LogP contribution in [0.3, 0.4) is 0 Å². The van der Waals surface area contributed by atoms with Crippen molar-refractivity contribution in [2.75, 3.05) is 23.3 Å². The van der Waals surface area contributed by atoms with Crippen LogP contribution in [0.15, 0.2) is 42.6 Å². The maximum absolute atomic E-state index is 13.9. The van der Waals surface area contributed by atoms with Crippen molar-refractivity contribution >= 4 is 23.1 Å². The molecule has 2 heterocycles. The van der Waals surface area contributed by atoms with E-state index in [2.05, 4.69) is 15.2 Å². The number of aromatic nitrogens is 1. The number of hydrogen-bond acceptors (Lipinski definition) is 3. The number of nitrogens with zero attached hydrogens (tertiary/aromatic N) is 2. The van der Waals surface area contributed by atoms with Gasteiger partial charge in [-0.1, -0.05) is 23.7 Å². The third-order valence-electron chi connectivity index (χ3n) is 3.78. The van der Waals surface area contributed by atoms with E-state index in [0.29, 0.717) is 5.69 Å². The minimum atomic E-state index is -0.369. The van der Waals surface area contributed by atoms with E-state index in [1.54, 1.807) is 24.4 Å². The Morgan fingerprint density at radius 2 is 1.95 bits per heavy atom. The third-order valence-corrected chi connectivity index (χ3v) is 4.07. The van der Waals surface area contributed by atoms with Crippen LogP contribution in [-0.2, 0) is 0 Å². The maximum Gasteiger partial charge on any atom is 0.164 e. The van der Waals surface area contributed by atoms with Gasteiger partial charge in [-0.3, -0.25) is 0 Å². The summed E-state index contributed by atoms with van der Waals surface area (Å²) in [6, 6.07) is 11.2. The zero-order valence-corrected chi connectivity index (χ0v) is 12.4. The lowest BCUT2D eigenvalue weighted by Gasteiger charge is -2.33. The van der Waals surface area contributed by atoms with Crippen LogP contribution in [0.4, 0.5) is 15.9 Å². The predicted molar refractivity (Wildman–Crippen MR) is 84.5 cm³/mol. The third kappa shape index (κ3) is 3.27. The number of pyridine rings is 1. The van der Waals surface area contributed by atoms with E-state index in [4.69, 9.17) is 11.6 Å². The van der Waals surface area contributed by atoms with E-state index < -0.39 is 0 Å². The van der Waals surface area contributed by atoms with Gasteiger partial charge in [0.15, 0.2) is 5.82 Å². The largest absolute Gasteiger partial charge is 0.380 e. The van der Waals surface area contributed by atoms with Crippen molar-refractivity contribution in [3.8, 4) is 0 Å². The molecule has 0 spiro atoms. The van der Waals surface area contributed by atoms with Crippen LogP contribution in [0.25, 0.3) is 0 Å². The van der Waals surface area contributed by atoms with Crippen LogP contribution in [0, 0.1) is 5.82 Å². The van der Waals surface area contributed by atoms with Crippen molar-refractivity contribution in [1.29, 1.82) is 0 Å². The molecule has 0 aliphatic carbocycles. The van der Waals surface area contributed by atoms with Gasteiger partial charge >= 0.3 is 0 Å². The lowest BCUT2D eigenvalue weighted by molar-refractivity contribution is 0.519. The summed E-state index contributed by atoms with van der Waals surface area (Å²) < 4.78 is 13.9. The second-order valence-corrected chi connectivity index (χ2v) is 5.60. The fourth-order valence-electron chi connectivity index (χ4n) is 2.63. The zero-order valence-electron chi connectivity index (χ0n) is 11.6. The minimum Gasteiger partial charge on any atom is -0.380 e. The molecule has 0 bridgehead atoms. The quantitative estimate of drug-likeness (QED) is 0.930. The van der Waals surface area contributed by atoms with Crippen LogP contribution in [0.1, 0.15) is 12.8 Å². The van der Waals surface area contributed by atoms with Gasteiger partial charge in [0, 0.05) is 25.3 Å². The topological polar surface area (TPSA) is 28.2 Å². The molecule has 21 heavy (non-hydrogen) atoms. The minimum absolute atomic E-state index is 0.158. The van der Waals surface area contributed by atoms with Crippen molar-refractivity contribution < 1.29 is 4.39 Å². The van der Waals surface area contributed by atoms with Crippen molar-refractivity contribution in [2.45, 2.75) is 18.9 Å². The molecule has 1 saturated heterocycles. The summed E-state index contributed by atoms with van der Waals surface area (Å²) in [5.41, 5.74) is 0.485. The Balaban J connectivity index is 1.60. The molecule has 1 aliphatic rings. The molecular weight excluding hydrogens is 289 g/mol. The van der Waals surface area contributed by atoms with E-state index >= 15 is 0 Å². The van der Waals surface area contributed by atoms with Crippen molar-refractivity contribution in [3.05, 3.63) is 53.4 Å². The Morgan fingerprint density at radius 1 is 1.14 bits per heavy atom. The standard InChI is InChI=1S/C16H17ClFN3/c17-13-4-3-5-14(16(13)18)20-12-7-10-21(11-8-12)15-6-1-2-9-19-15/h1-6,9,12,20H,7-8,10-11H2. The number of benzene rings is 1. The molecule has 0 saturated carbocycles. The summed E-state index contributed by atoms with van der Waals surface area (Å²) in [4.78, 5) is 6.62. The van der Waals surface area contributed by atoms with E-state index in [-0.39, 0.29) is 16.9 Å². The van der Waals surface area contributed by atoms with Crippen LogP contribution in [-0.4, -0.2) is 24.1 Å². The van der Waals surface area contributed by atoms with Gasteiger partial charge in [0.05, 0.1) is 10.7 Å². The smallest absolute Gasteiger partial charge is 0.164 e. The fraction of sp³-hybridized carbons (Fsp3) is 0.312. The van der Waals surface area contributed by atoms with Crippen LogP contribution >= 0.6 is 11.6 Å². The van der Waals surface area contributed by atoms with Crippen LogP contribution < -0.4 is 10.2 Å². The summed E-state index contributed by atoms with van der Waals surface area (Å²) in [6.45, 7) is 1.83. The molecule has 5 heteroatoms. The molecule has 0 radical (unpaired) electrons. The second kappa shape index (κ2) is 6.31. The molecule has 3 rings (SSSR count). The second-order valence-electron chi connectivity index (χ2n) is 5.19. The highest BCUT2D eigenvalue weighted by Crippen LogP contribution is 2.25. The van der Waals surface area contributed by atoms with Gasteiger partial charge in [0.1, 0.15) is 5.82 Å². The molecule has 1 fully saturated rings. The SMILES string of the molecule is Fc1c(Cl)cccc1NC1CCN(c2ccccn2)CC1. The van der Waals surface area contributed by atoms with E-state index in [0.717, 1.165) is 31.7 Å². The van der Waals surface area contributed by atoms with Gasteiger partial charge in [-0.2, -0.15) is 0 Å². The Morgan fingerprint density at radius 3 is 2.67 bits per heavy atom. The summed E-state index contributed by atoms with van der Waals surface area (Å²) in [5, 5.41) is 3.41. The molecule has 1 aromatic carbocycles. The van der Waals surface area contributed by atoms with Crippen LogP contribution in [0.2, 0.25) is 5.02 Å². The van der Waals surface area contributed by atoms with E-state index in [1.165, 1.54) is 0 Å². The Labute approximate surface area is 128 Å². The Kier molecular flexibility index (Phi) is 4.25. The van der Waals surface area contributed by atoms with Gasteiger partial charge in [-0.15, -0.1) is 0 Å². The number of nitrogens with one attached hydrogen (secondary N) is 1. The molecule has 1 N–H and O–H groups in total. The molecule has 0 unspecified atom stereocenters.